The van der Waals surface area contributed by atoms with Crippen molar-refractivity contribution in [2.45, 2.75) is 19.8 Å². The van der Waals surface area contributed by atoms with E-state index in [1.54, 1.807) is 6.92 Å². The zero-order chi connectivity index (χ0) is 16.8. The van der Waals surface area contributed by atoms with E-state index in [-0.39, 0.29) is 6.54 Å². The van der Waals surface area contributed by atoms with Gasteiger partial charge in [-0.3, -0.25) is 19.3 Å². The first-order valence-corrected chi connectivity index (χ1v) is 7.52. The molecule has 0 unspecified atom stereocenters. The molecule has 1 fully saturated rings. The summed E-state index contributed by atoms with van der Waals surface area (Å²) in [6.45, 7) is 1.93. The molecule has 1 aromatic carbocycles. The van der Waals surface area contributed by atoms with Gasteiger partial charge in [0.15, 0.2) is 0 Å². The van der Waals surface area contributed by atoms with Gasteiger partial charge in [0.05, 0.1) is 0 Å². The molecule has 2 rings (SSSR count). The van der Waals surface area contributed by atoms with Crippen LogP contribution in [0.2, 0.25) is 0 Å². The van der Waals surface area contributed by atoms with E-state index in [0.29, 0.717) is 24.3 Å². The minimum atomic E-state index is -0.943. The van der Waals surface area contributed by atoms with Gasteiger partial charge < -0.3 is 5.32 Å². The largest absolute Gasteiger partial charge is 0.354 e. The standard InChI is InChI=1S/C16H19N3O4/c1-2-10-18-14(21)15(22)19(16(18)23)11-13(20)17-9-8-12-6-4-3-5-7-12/h3-7H,2,8-11H2,1H3,(H,17,20). The van der Waals surface area contributed by atoms with E-state index < -0.39 is 30.3 Å². The third kappa shape index (κ3) is 3.94. The Bertz CT molecular complexity index is 615. The van der Waals surface area contributed by atoms with Crippen molar-refractivity contribution in [1.82, 2.24) is 15.1 Å². The van der Waals surface area contributed by atoms with Crippen molar-refractivity contribution in [3.63, 3.8) is 0 Å². The van der Waals surface area contributed by atoms with Crippen molar-refractivity contribution < 1.29 is 19.2 Å². The molecule has 23 heavy (non-hydrogen) atoms. The minimum absolute atomic E-state index is 0.176. The van der Waals surface area contributed by atoms with Crippen LogP contribution in [0.4, 0.5) is 4.79 Å². The van der Waals surface area contributed by atoms with Gasteiger partial charge in [-0.25, -0.2) is 9.69 Å². The predicted molar refractivity (Wildman–Crippen MR) is 82.3 cm³/mol. The van der Waals surface area contributed by atoms with Crippen LogP contribution in [-0.2, 0) is 20.8 Å². The second kappa shape index (κ2) is 7.53. The summed E-state index contributed by atoms with van der Waals surface area (Å²) in [6.07, 6.45) is 1.21. The lowest BCUT2D eigenvalue weighted by Crippen LogP contribution is -2.42. The van der Waals surface area contributed by atoms with Crippen molar-refractivity contribution in [2.24, 2.45) is 0 Å². The second-order valence-electron chi connectivity index (χ2n) is 5.22. The van der Waals surface area contributed by atoms with Gasteiger partial charge in [-0.2, -0.15) is 0 Å². The van der Waals surface area contributed by atoms with Crippen LogP contribution in [0.3, 0.4) is 0 Å². The van der Waals surface area contributed by atoms with E-state index in [9.17, 15) is 19.2 Å². The highest BCUT2D eigenvalue weighted by atomic mass is 16.2. The Hall–Kier alpha value is -2.70. The molecule has 0 saturated carbocycles. The van der Waals surface area contributed by atoms with Gasteiger partial charge in [-0.15, -0.1) is 0 Å². The van der Waals surface area contributed by atoms with Crippen molar-refractivity contribution in [1.29, 1.82) is 0 Å². The minimum Gasteiger partial charge on any atom is -0.354 e. The van der Waals surface area contributed by atoms with Gasteiger partial charge in [0.2, 0.25) is 5.91 Å². The van der Waals surface area contributed by atoms with E-state index >= 15 is 0 Å². The van der Waals surface area contributed by atoms with E-state index in [4.69, 9.17) is 0 Å². The van der Waals surface area contributed by atoms with Crippen LogP contribution in [-0.4, -0.2) is 53.2 Å². The number of amides is 5. The first-order valence-electron chi connectivity index (χ1n) is 7.52. The predicted octanol–water partition coefficient (Wildman–Crippen LogP) is 0.546. The molecule has 1 heterocycles. The Morgan fingerprint density at radius 1 is 1.04 bits per heavy atom. The molecule has 0 spiro atoms. The molecule has 1 aliphatic rings. The summed E-state index contributed by atoms with van der Waals surface area (Å²) < 4.78 is 0. The molecule has 7 heteroatoms. The first kappa shape index (κ1) is 16.7. The van der Waals surface area contributed by atoms with Gasteiger partial charge in [0.1, 0.15) is 6.54 Å². The van der Waals surface area contributed by atoms with Crippen molar-refractivity contribution in [3.8, 4) is 0 Å². The Balaban J connectivity index is 1.84. The summed E-state index contributed by atoms with van der Waals surface area (Å²) in [5.74, 6) is -2.27. The molecule has 1 aromatic rings. The van der Waals surface area contributed by atoms with Crippen molar-refractivity contribution in [3.05, 3.63) is 35.9 Å². The van der Waals surface area contributed by atoms with E-state index in [1.807, 2.05) is 30.3 Å². The monoisotopic (exact) mass is 317 g/mol. The molecular weight excluding hydrogens is 298 g/mol. The topological polar surface area (TPSA) is 86.8 Å². The van der Waals surface area contributed by atoms with Crippen LogP contribution < -0.4 is 5.32 Å². The van der Waals surface area contributed by atoms with Gasteiger partial charge in [0, 0.05) is 13.1 Å². The second-order valence-corrected chi connectivity index (χ2v) is 5.22. The smallest absolute Gasteiger partial charge is 0.334 e. The van der Waals surface area contributed by atoms with Crippen LogP contribution in [0, 0.1) is 0 Å². The van der Waals surface area contributed by atoms with Crippen LogP contribution in [0.1, 0.15) is 18.9 Å². The summed E-state index contributed by atoms with van der Waals surface area (Å²) in [5.41, 5.74) is 1.07. The highest BCUT2D eigenvalue weighted by Crippen LogP contribution is 2.12. The molecule has 1 aliphatic heterocycles. The molecule has 0 aliphatic carbocycles. The van der Waals surface area contributed by atoms with E-state index in [0.717, 1.165) is 10.5 Å². The Labute approximate surface area is 134 Å². The summed E-state index contributed by atoms with van der Waals surface area (Å²) in [5, 5.41) is 2.65. The SMILES string of the molecule is CCCN1C(=O)C(=O)N(CC(=O)NCCc2ccccc2)C1=O. The van der Waals surface area contributed by atoms with Crippen LogP contribution >= 0.6 is 0 Å². The Morgan fingerprint density at radius 2 is 1.70 bits per heavy atom. The molecule has 0 radical (unpaired) electrons. The number of hydrogen-bond donors (Lipinski definition) is 1. The maximum Gasteiger partial charge on any atom is 0.334 e. The lowest BCUT2D eigenvalue weighted by Gasteiger charge is -2.14. The number of carbonyl (C=O) groups excluding carboxylic acids is 4. The summed E-state index contributed by atoms with van der Waals surface area (Å²) >= 11 is 0. The first-order chi connectivity index (χ1) is 11.0. The number of rotatable bonds is 7. The summed E-state index contributed by atoms with van der Waals surface area (Å²) in [4.78, 5) is 48.9. The van der Waals surface area contributed by atoms with Gasteiger partial charge in [-0.1, -0.05) is 37.3 Å². The van der Waals surface area contributed by atoms with Crippen LogP contribution in [0.15, 0.2) is 30.3 Å². The molecule has 0 atom stereocenters. The van der Waals surface area contributed by atoms with Crippen LogP contribution in [0.5, 0.6) is 0 Å². The fourth-order valence-electron chi connectivity index (χ4n) is 2.30. The highest BCUT2D eigenvalue weighted by Gasteiger charge is 2.44. The molecule has 7 nitrogen and oxygen atoms in total. The molecule has 122 valence electrons. The number of carbonyl (C=O) groups is 4. The van der Waals surface area contributed by atoms with E-state index in [1.165, 1.54) is 0 Å². The lowest BCUT2D eigenvalue weighted by atomic mass is 10.1. The lowest BCUT2D eigenvalue weighted by molar-refractivity contribution is -0.144. The molecule has 1 saturated heterocycles. The van der Waals surface area contributed by atoms with Crippen molar-refractivity contribution in [2.75, 3.05) is 19.6 Å². The Kier molecular flexibility index (Phi) is 5.46. The molecule has 1 N–H and O–H groups in total. The van der Waals surface area contributed by atoms with Gasteiger partial charge in [-0.05, 0) is 18.4 Å². The molecule has 5 amide bonds. The number of urea groups is 1. The van der Waals surface area contributed by atoms with Gasteiger partial charge >= 0.3 is 17.8 Å². The number of nitrogens with one attached hydrogen (secondary N) is 1. The Morgan fingerprint density at radius 3 is 2.35 bits per heavy atom. The maximum atomic E-state index is 12.0. The quantitative estimate of drug-likeness (QED) is 0.587. The number of benzene rings is 1. The summed E-state index contributed by atoms with van der Waals surface area (Å²) in [7, 11) is 0. The fraction of sp³-hybridized carbons (Fsp3) is 0.375. The number of imide groups is 2. The summed E-state index contributed by atoms with van der Waals surface area (Å²) in [6, 6.07) is 8.90. The third-order valence-electron chi connectivity index (χ3n) is 3.46. The zero-order valence-electron chi connectivity index (χ0n) is 12.9. The normalized spacial score (nSPS) is 14.6. The molecular formula is C16H19N3O4. The molecule has 0 aromatic heterocycles. The van der Waals surface area contributed by atoms with Gasteiger partial charge in [0.25, 0.3) is 0 Å². The number of nitrogens with zero attached hydrogens (tertiary/aromatic N) is 2. The molecule has 0 bridgehead atoms. The zero-order valence-corrected chi connectivity index (χ0v) is 12.9. The van der Waals surface area contributed by atoms with E-state index in [2.05, 4.69) is 5.32 Å². The highest BCUT2D eigenvalue weighted by molar-refractivity contribution is 6.45. The maximum absolute atomic E-state index is 12.0. The fourth-order valence-corrected chi connectivity index (χ4v) is 2.30. The van der Waals surface area contributed by atoms with Crippen LogP contribution in [0.25, 0.3) is 0 Å². The average Bonchev–Trinajstić information content (AvgIpc) is 2.74. The average molecular weight is 317 g/mol. The van der Waals surface area contributed by atoms with Crippen molar-refractivity contribution >= 4 is 23.8 Å². The number of hydrogen-bond acceptors (Lipinski definition) is 4. The third-order valence-corrected chi connectivity index (χ3v) is 3.46.